The summed E-state index contributed by atoms with van der Waals surface area (Å²) in [6.07, 6.45) is 0.592. The van der Waals surface area contributed by atoms with E-state index in [0.717, 1.165) is 0 Å². The normalized spacial score (nSPS) is 17.0. The molecule has 0 amide bonds. The molecule has 1 N–H and O–H groups in total. The van der Waals surface area contributed by atoms with Gasteiger partial charge in [-0.15, -0.1) is 0 Å². The van der Waals surface area contributed by atoms with Crippen LogP contribution in [0.2, 0.25) is 0 Å². The Morgan fingerprint density at radius 1 is 0.864 bits per heavy atom. The van der Waals surface area contributed by atoms with Gasteiger partial charge in [0.1, 0.15) is 0 Å². The fourth-order valence-electron chi connectivity index (χ4n) is 2.99. The average molecular weight is 316 g/mol. The lowest BCUT2D eigenvalue weighted by atomic mass is 9.65. The smallest absolute Gasteiger partial charge is 0.311 e. The highest BCUT2D eigenvalue weighted by Gasteiger charge is 2.49. The fourth-order valence-corrected chi connectivity index (χ4v) is 2.99. The van der Waals surface area contributed by atoms with Gasteiger partial charge in [-0.05, 0) is 47.0 Å². The molecule has 2 unspecified atom stereocenters. The molecule has 0 heterocycles. The third kappa shape index (κ3) is 4.45. The van der Waals surface area contributed by atoms with E-state index in [0.29, 0.717) is 6.42 Å². The highest BCUT2D eigenvalue weighted by atomic mass is 16.5. The molecule has 2 atom stereocenters. The minimum atomic E-state index is -1.10. The minimum Gasteiger partial charge on any atom is -0.481 e. The van der Waals surface area contributed by atoms with Crippen LogP contribution < -0.4 is 0 Å². The summed E-state index contributed by atoms with van der Waals surface area (Å²) in [7, 11) is 2.54. The maximum absolute atomic E-state index is 12.3. The number of carbonyl (C=O) groups excluding carboxylic acids is 2. The lowest BCUT2D eigenvalue weighted by Gasteiger charge is -2.38. The van der Waals surface area contributed by atoms with Crippen LogP contribution in [0.5, 0.6) is 0 Å². The minimum absolute atomic E-state index is 0.0823. The zero-order valence-corrected chi connectivity index (χ0v) is 14.6. The lowest BCUT2D eigenvalue weighted by molar-refractivity contribution is -0.164. The number of carboxylic acid groups (broad SMARTS) is 1. The van der Waals surface area contributed by atoms with Crippen LogP contribution in [0, 0.1) is 16.2 Å². The molecule has 0 aliphatic carbocycles. The molecule has 0 saturated heterocycles. The standard InChI is InChI=1S/C16H28O6/c1-8-15(4,11(17)18)10-16(5,13(20)22-7)9-14(2,3)12(19)21-6/h8-10H2,1-7H3,(H,17,18). The van der Waals surface area contributed by atoms with Crippen LogP contribution in [0.3, 0.4) is 0 Å². The Labute approximate surface area is 132 Å². The van der Waals surface area contributed by atoms with E-state index in [1.165, 1.54) is 14.2 Å². The zero-order chi connectivity index (χ0) is 17.8. The zero-order valence-electron chi connectivity index (χ0n) is 14.6. The highest BCUT2D eigenvalue weighted by Crippen LogP contribution is 2.45. The van der Waals surface area contributed by atoms with E-state index >= 15 is 0 Å². The Balaban J connectivity index is 5.66. The molecule has 6 heteroatoms. The SMILES string of the molecule is CCC(C)(CC(C)(CC(C)(C)C(=O)OC)C(=O)OC)C(=O)O. The van der Waals surface area contributed by atoms with Crippen LogP contribution in [0.4, 0.5) is 0 Å². The number of ether oxygens (including phenoxy) is 2. The quantitative estimate of drug-likeness (QED) is 0.692. The molecule has 0 radical (unpaired) electrons. The first kappa shape index (κ1) is 20.4. The Morgan fingerprint density at radius 3 is 1.64 bits per heavy atom. The summed E-state index contributed by atoms with van der Waals surface area (Å²) >= 11 is 0. The van der Waals surface area contributed by atoms with Gasteiger partial charge in [-0.3, -0.25) is 14.4 Å². The lowest BCUT2D eigenvalue weighted by Crippen LogP contribution is -2.43. The Kier molecular flexibility index (Phi) is 6.60. The Hall–Kier alpha value is -1.59. The van der Waals surface area contributed by atoms with E-state index in [1.54, 1.807) is 34.6 Å². The van der Waals surface area contributed by atoms with Crippen molar-refractivity contribution in [3.8, 4) is 0 Å². The number of carboxylic acids is 1. The molecule has 0 aliphatic rings. The molecule has 0 aromatic carbocycles. The first-order chi connectivity index (χ1) is 9.88. The fraction of sp³-hybridized carbons (Fsp3) is 0.812. The number of rotatable bonds is 8. The third-order valence-electron chi connectivity index (χ3n) is 4.33. The molecule has 0 fully saturated rings. The maximum Gasteiger partial charge on any atom is 0.311 e. The number of carbonyl (C=O) groups is 3. The van der Waals surface area contributed by atoms with Gasteiger partial charge in [0.15, 0.2) is 0 Å². The van der Waals surface area contributed by atoms with Gasteiger partial charge >= 0.3 is 17.9 Å². The molecule has 0 bridgehead atoms. The molecule has 0 aromatic heterocycles. The number of hydrogen-bond donors (Lipinski definition) is 1. The van der Waals surface area contributed by atoms with Crippen molar-refractivity contribution < 1.29 is 29.0 Å². The second kappa shape index (κ2) is 7.11. The second-order valence-corrected chi connectivity index (χ2v) is 7.00. The van der Waals surface area contributed by atoms with Gasteiger partial charge in [-0.1, -0.05) is 6.92 Å². The van der Waals surface area contributed by atoms with Crippen molar-refractivity contribution in [1.29, 1.82) is 0 Å². The summed E-state index contributed by atoms with van der Waals surface area (Å²) in [5.74, 6) is -1.94. The molecule has 0 spiro atoms. The maximum atomic E-state index is 12.3. The molecule has 22 heavy (non-hydrogen) atoms. The van der Waals surface area contributed by atoms with Crippen molar-refractivity contribution in [2.75, 3.05) is 14.2 Å². The molecular formula is C16H28O6. The van der Waals surface area contributed by atoms with Gasteiger partial charge in [0, 0.05) is 0 Å². The molecule has 0 saturated carbocycles. The van der Waals surface area contributed by atoms with Crippen LogP contribution in [-0.2, 0) is 23.9 Å². The summed E-state index contributed by atoms with van der Waals surface area (Å²) in [4.78, 5) is 35.7. The van der Waals surface area contributed by atoms with Crippen LogP contribution in [0.25, 0.3) is 0 Å². The van der Waals surface area contributed by atoms with E-state index in [2.05, 4.69) is 0 Å². The van der Waals surface area contributed by atoms with Crippen molar-refractivity contribution in [3.63, 3.8) is 0 Å². The Morgan fingerprint density at radius 2 is 1.32 bits per heavy atom. The number of aliphatic carboxylic acids is 1. The number of methoxy groups -OCH3 is 2. The van der Waals surface area contributed by atoms with Gasteiger partial charge in [0.2, 0.25) is 0 Å². The van der Waals surface area contributed by atoms with E-state index in [4.69, 9.17) is 9.47 Å². The first-order valence-corrected chi connectivity index (χ1v) is 7.29. The largest absolute Gasteiger partial charge is 0.481 e. The first-order valence-electron chi connectivity index (χ1n) is 7.29. The van der Waals surface area contributed by atoms with Crippen LogP contribution in [0.1, 0.15) is 53.9 Å². The van der Waals surface area contributed by atoms with Crippen molar-refractivity contribution >= 4 is 17.9 Å². The summed E-state index contributed by atoms with van der Waals surface area (Å²) in [5, 5.41) is 9.46. The predicted octanol–water partition coefficient (Wildman–Crippen LogP) is 2.65. The van der Waals surface area contributed by atoms with Crippen molar-refractivity contribution in [1.82, 2.24) is 0 Å². The Bertz CT molecular complexity index is 442. The molecule has 128 valence electrons. The summed E-state index contributed by atoms with van der Waals surface area (Å²) in [6.45, 7) is 8.34. The van der Waals surface area contributed by atoms with Crippen molar-refractivity contribution in [3.05, 3.63) is 0 Å². The number of esters is 2. The predicted molar refractivity (Wildman–Crippen MR) is 81.2 cm³/mol. The van der Waals surface area contributed by atoms with Gasteiger partial charge in [0.05, 0.1) is 30.5 Å². The topological polar surface area (TPSA) is 89.9 Å². The molecule has 0 aliphatic heterocycles. The van der Waals surface area contributed by atoms with Crippen LogP contribution in [-0.4, -0.2) is 37.2 Å². The second-order valence-electron chi connectivity index (χ2n) is 7.00. The summed E-state index contributed by atoms with van der Waals surface area (Å²) in [5.41, 5.74) is -3.10. The van der Waals surface area contributed by atoms with Gasteiger partial charge in [-0.25, -0.2) is 0 Å². The van der Waals surface area contributed by atoms with Gasteiger partial charge in [-0.2, -0.15) is 0 Å². The summed E-state index contributed by atoms with van der Waals surface area (Å²) < 4.78 is 9.63. The molecule has 6 nitrogen and oxygen atoms in total. The van der Waals surface area contributed by atoms with Gasteiger partial charge in [0.25, 0.3) is 0 Å². The number of hydrogen-bond acceptors (Lipinski definition) is 5. The van der Waals surface area contributed by atoms with Crippen LogP contribution in [0.15, 0.2) is 0 Å². The third-order valence-corrected chi connectivity index (χ3v) is 4.33. The van der Waals surface area contributed by atoms with Crippen molar-refractivity contribution in [2.45, 2.75) is 53.9 Å². The molecule has 0 rings (SSSR count). The van der Waals surface area contributed by atoms with E-state index in [-0.39, 0.29) is 12.8 Å². The molecule has 0 aromatic rings. The monoisotopic (exact) mass is 316 g/mol. The highest BCUT2D eigenvalue weighted by molar-refractivity contribution is 5.82. The molecular weight excluding hydrogens is 288 g/mol. The van der Waals surface area contributed by atoms with E-state index in [9.17, 15) is 19.5 Å². The van der Waals surface area contributed by atoms with E-state index < -0.39 is 34.2 Å². The average Bonchev–Trinajstić information content (AvgIpc) is 2.43. The van der Waals surface area contributed by atoms with Crippen molar-refractivity contribution in [2.24, 2.45) is 16.2 Å². The van der Waals surface area contributed by atoms with Crippen LogP contribution >= 0.6 is 0 Å². The van der Waals surface area contributed by atoms with E-state index in [1.807, 2.05) is 0 Å². The van der Waals surface area contributed by atoms with Gasteiger partial charge < -0.3 is 14.6 Å². The summed E-state index contributed by atoms with van der Waals surface area (Å²) in [6, 6.07) is 0.